The number of nitro benzene ring substituents is 1. The Balaban J connectivity index is 1.88. The van der Waals surface area contributed by atoms with Gasteiger partial charge in [-0.05, 0) is 36.6 Å². The van der Waals surface area contributed by atoms with Crippen LogP contribution in [0, 0.1) is 10.1 Å². The fourth-order valence-corrected chi connectivity index (χ4v) is 2.26. The molecule has 120 valence electrons. The van der Waals surface area contributed by atoms with Gasteiger partial charge in [0.15, 0.2) is 0 Å². The Kier molecular flexibility index (Phi) is 5.54. The highest BCUT2D eigenvalue weighted by Gasteiger charge is 2.15. The third-order valence-corrected chi connectivity index (χ3v) is 3.60. The first-order valence-corrected chi connectivity index (χ1v) is 7.35. The zero-order valence-corrected chi connectivity index (χ0v) is 12.9. The fraction of sp³-hybridized carbons (Fsp3) is 0.188. The summed E-state index contributed by atoms with van der Waals surface area (Å²) in [7, 11) is 0. The van der Waals surface area contributed by atoms with Crippen LogP contribution in [0.2, 0.25) is 5.02 Å². The van der Waals surface area contributed by atoms with E-state index in [0.717, 1.165) is 18.1 Å². The molecule has 0 aliphatic heterocycles. The van der Waals surface area contributed by atoms with Crippen LogP contribution in [0.15, 0.2) is 42.5 Å². The molecule has 2 aromatic carbocycles. The second-order valence-electron chi connectivity index (χ2n) is 4.95. The van der Waals surface area contributed by atoms with Crippen molar-refractivity contribution < 1.29 is 14.8 Å². The van der Waals surface area contributed by atoms with Crippen molar-refractivity contribution in [1.29, 1.82) is 0 Å². The summed E-state index contributed by atoms with van der Waals surface area (Å²) in [6.07, 6.45) is 1.44. The van der Waals surface area contributed by atoms with Crippen molar-refractivity contribution in [3.05, 3.63) is 68.7 Å². The molecule has 0 bridgehead atoms. The SMILES string of the molecule is O=C(NCCCc1ccc(O)cc1)c1cc([N+](=O)[O-])ccc1Cl. The average molecular weight is 335 g/mol. The topological polar surface area (TPSA) is 92.5 Å². The molecular formula is C16H15ClN2O4. The van der Waals surface area contributed by atoms with Gasteiger partial charge in [0.1, 0.15) is 5.75 Å². The molecule has 0 heterocycles. The number of amides is 1. The number of hydrogen-bond acceptors (Lipinski definition) is 4. The number of benzene rings is 2. The lowest BCUT2D eigenvalue weighted by Gasteiger charge is -2.07. The zero-order chi connectivity index (χ0) is 16.8. The lowest BCUT2D eigenvalue weighted by atomic mass is 10.1. The Bertz CT molecular complexity index is 717. The first-order chi connectivity index (χ1) is 11.0. The molecule has 0 spiro atoms. The van der Waals surface area contributed by atoms with E-state index in [4.69, 9.17) is 11.6 Å². The van der Waals surface area contributed by atoms with Crippen molar-refractivity contribution >= 4 is 23.2 Å². The zero-order valence-electron chi connectivity index (χ0n) is 12.2. The number of phenols is 1. The van der Waals surface area contributed by atoms with Gasteiger partial charge in [0, 0.05) is 18.7 Å². The van der Waals surface area contributed by atoms with E-state index in [1.165, 1.54) is 12.1 Å². The number of carbonyl (C=O) groups excluding carboxylic acids is 1. The monoisotopic (exact) mass is 334 g/mol. The van der Waals surface area contributed by atoms with Crippen LogP contribution in [-0.2, 0) is 6.42 Å². The number of phenolic OH excluding ortho intramolecular Hbond substituents is 1. The second kappa shape index (κ2) is 7.60. The van der Waals surface area contributed by atoms with Crippen LogP contribution in [0.3, 0.4) is 0 Å². The summed E-state index contributed by atoms with van der Waals surface area (Å²) in [5, 5.41) is 22.8. The van der Waals surface area contributed by atoms with Gasteiger partial charge in [0.05, 0.1) is 15.5 Å². The van der Waals surface area contributed by atoms with Crippen LogP contribution >= 0.6 is 11.6 Å². The molecule has 7 heteroatoms. The molecule has 6 nitrogen and oxygen atoms in total. The molecule has 23 heavy (non-hydrogen) atoms. The van der Waals surface area contributed by atoms with Crippen LogP contribution in [0.25, 0.3) is 0 Å². The highest BCUT2D eigenvalue weighted by atomic mass is 35.5. The third-order valence-electron chi connectivity index (χ3n) is 3.27. The normalized spacial score (nSPS) is 10.3. The highest BCUT2D eigenvalue weighted by molar-refractivity contribution is 6.33. The number of nitrogens with zero attached hydrogens (tertiary/aromatic N) is 1. The molecule has 0 aliphatic carbocycles. The maximum absolute atomic E-state index is 12.0. The van der Waals surface area contributed by atoms with E-state index in [1.54, 1.807) is 12.1 Å². The summed E-state index contributed by atoms with van der Waals surface area (Å²) < 4.78 is 0. The Morgan fingerprint density at radius 3 is 2.57 bits per heavy atom. The van der Waals surface area contributed by atoms with Crippen molar-refractivity contribution in [3.63, 3.8) is 0 Å². The van der Waals surface area contributed by atoms with Gasteiger partial charge in [-0.1, -0.05) is 23.7 Å². The van der Waals surface area contributed by atoms with Gasteiger partial charge in [0.25, 0.3) is 11.6 Å². The predicted molar refractivity (Wildman–Crippen MR) is 86.9 cm³/mol. The minimum atomic E-state index is -0.571. The molecule has 2 rings (SSSR count). The molecule has 1 amide bonds. The van der Waals surface area contributed by atoms with Crippen molar-refractivity contribution in [2.24, 2.45) is 0 Å². The largest absolute Gasteiger partial charge is 0.508 e. The Morgan fingerprint density at radius 1 is 1.22 bits per heavy atom. The van der Waals surface area contributed by atoms with E-state index < -0.39 is 10.8 Å². The first kappa shape index (κ1) is 16.8. The van der Waals surface area contributed by atoms with Crippen LogP contribution in [-0.4, -0.2) is 22.5 Å². The minimum Gasteiger partial charge on any atom is -0.508 e. The summed E-state index contributed by atoms with van der Waals surface area (Å²) in [5.41, 5.74) is 0.958. The minimum absolute atomic E-state index is 0.0884. The number of nitro groups is 1. The molecule has 0 aromatic heterocycles. The Labute approximate surface area is 137 Å². The molecule has 2 aromatic rings. The maximum Gasteiger partial charge on any atom is 0.270 e. The molecule has 0 saturated carbocycles. The number of nitrogens with one attached hydrogen (secondary N) is 1. The molecular weight excluding hydrogens is 320 g/mol. The van der Waals surface area contributed by atoms with Crippen LogP contribution in [0.4, 0.5) is 5.69 Å². The molecule has 0 atom stereocenters. The smallest absolute Gasteiger partial charge is 0.270 e. The Morgan fingerprint density at radius 2 is 1.91 bits per heavy atom. The number of aryl methyl sites for hydroxylation is 1. The van der Waals surface area contributed by atoms with Gasteiger partial charge < -0.3 is 10.4 Å². The fourth-order valence-electron chi connectivity index (χ4n) is 2.05. The van der Waals surface area contributed by atoms with E-state index in [-0.39, 0.29) is 22.0 Å². The van der Waals surface area contributed by atoms with E-state index >= 15 is 0 Å². The predicted octanol–water partition coefficient (Wildman–Crippen LogP) is 3.32. The standard InChI is InChI=1S/C16H15ClN2O4/c17-15-8-5-12(19(22)23)10-14(15)16(21)18-9-1-2-11-3-6-13(20)7-4-11/h3-8,10,20H,1-2,9H2,(H,18,21). The van der Waals surface area contributed by atoms with Gasteiger partial charge >= 0.3 is 0 Å². The number of rotatable bonds is 6. The molecule has 0 aliphatic rings. The summed E-state index contributed by atoms with van der Waals surface area (Å²) in [4.78, 5) is 22.2. The maximum atomic E-state index is 12.0. The number of aromatic hydroxyl groups is 1. The first-order valence-electron chi connectivity index (χ1n) is 6.97. The molecule has 0 radical (unpaired) electrons. The summed E-state index contributed by atoms with van der Waals surface area (Å²) in [6.45, 7) is 0.415. The van der Waals surface area contributed by atoms with Gasteiger partial charge in [-0.25, -0.2) is 0 Å². The summed E-state index contributed by atoms with van der Waals surface area (Å²) in [6, 6.07) is 10.6. The van der Waals surface area contributed by atoms with E-state index in [1.807, 2.05) is 12.1 Å². The third kappa shape index (κ3) is 4.69. The average Bonchev–Trinajstić information content (AvgIpc) is 2.53. The molecule has 2 N–H and O–H groups in total. The van der Waals surface area contributed by atoms with Crippen LogP contribution in [0.1, 0.15) is 22.3 Å². The van der Waals surface area contributed by atoms with Crippen LogP contribution < -0.4 is 5.32 Å². The van der Waals surface area contributed by atoms with Gasteiger partial charge in [-0.15, -0.1) is 0 Å². The van der Waals surface area contributed by atoms with Crippen molar-refractivity contribution in [2.45, 2.75) is 12.8 Å². The van der Waals surface area contributed by atoms with Crippen molar-refractivity contribution in [2.75, 3.05) is 6.54 Å². The molecule has 0 fully saturated rings. The van der Waals surface area contributed by atoms with E-state index in [2.05, 4.69) is 5.32 Å². The number of halogens is 1. The van der Waals surface area contributed by atoms with Gasteiger partial charge in [-0.2, -0.15) is 0 Å². The lowest BCUT2D eigenvalue weighted by molar-refractivity contribution is -0.384. The van der Waals surface area contributed by atoms with E-state index in [0.29, 0.717) is 13.0 Å². The quantitative estimate of drug-likeness (QED) is 0.481. The second-order valence-corrected chi connectivity index (χ2v) is 5.35. The van der Waals surface area contributed by atoms with Crippen molar-refractivity contribution in [1.82, 2.24) is 5.32 Å². The Hall–Kier alpha value is -2.60. The number of hydrogen-bond donors (Lipinski definition) is 2. The number of non-ortho nitro benzene ring substituents is 1. The lowest BCUT2D eigenvalue weighted by Crippen LogP contribution is -2.25. The van der Waals surface area contributed by atoms with Gasteiger partial charge in [-0.3, -0.25) is 14.9 Å². The number of carbonyl (C=O) groups is 1. The van der Waals surface area contributed by atoms with Crippen LogP contribution in [0.5, 0.6) is 5.75 Å². The van der Waals surface area contributed by atoms with E-state index in [9.17, 15) is 20.0 Å². The van der Waals surface area contributed by atoms with Crippen molar-refractivity contribution in [3.8, 4) is 5.75 Å². The molecule has 0 saturated heterocycles. The van der Waals surface area contributed by atoms with Gasteiger partial charge in [0.2, 0.25) is 0 Å². The summed E-state index contributed by atoms with van der Waals surface area (Å²) >= 11 is 5.91. The molecule has 0 unspecified atom stereocenters. The highest BCUT2D eigenvalue weighted by Crippen LogP contribution is 2.21. The summed E-state index contributed by atoms with van der Waals surface area (Å²) in [5.74, 6) is -0.230.